The number of methoxy groups -OCH3 is 2. The monoisotopic (exact) mass is 307 g/mol. The van der Waals surface area contributed by atoms with Gasteiger partial charge in [-0.25, -0.2) is 0 Å². The van der Waals surface area contributed by atoms with Gasteiger partial charge < -0.3 is 19.5 Å². The molecule has 0 aliphatic carbocycles. The van der Waals surface area contributed by atoms with Gasteiger partial charge in [0.2, 0.25) is 5.91 Å². The van der Waals surface area contributed by atoms with Gasteiger partial charge in [0.05, 0.1) is 26.2 Å². The summed E-state index contributed by atoms with van der Waals surface area (Å²) in [6, 6.07) is 5.66. The van der Waals surface area contributed by atoms with E-state index in [9.17, 15) is 4.79 Å². The van der Waals surface area contributed by atoms with E-state index in [4.69, 9.17) is 14.2 Å². The van der Waals surface area contributed by atoms with Gasteiger partial charge in [0.1, 0.15) is 0 Å². The van der Waals surface area contributed by atoms with Crippen molar-refractivity contribution < 1.29 is 19.0 Å². The molecule has 1 aromatic carbocycles. The Morgan fingerprint density at radius 3 is 2.77 bits per heavy atom. The predicted octanol–water partition coefficient (Wildman–Crippen LogP) is 2.53. The van der Waals surface area contributed by atoms with Crippen LogP contribution in [0.2, 0.25) is 0 Å². The fourth-order valence-electron chi connectivity index (χ4n) is 2.85. The maximum absolute atomic E-state index is 12.4. The fourth-order valence-corrected chi connectivity index (χ4v) is 2.85. The van der Waals surface area contributed by atoms with Crippen molar-refractivity contribution in [1.82, 2.24) is 5.32 Å². The lowest BCUT2D eigenvalue weighted by Crippen LogP contribution is -2.41. The second-order valence-corrected chi connectivity index (χ2v) is 5.47. The summed E-state index contributed by atoms with van der Waals surface area (Å²) in [4.78, 5) is 12.4. The van der Waals surface area contributed by atoms with Gasteiger partial charge in [-0.3, -0.25) is 4.79 Å². The summed E-state index contributed by atoms with van der Waals surface area (Å²) in [7, 11) is 3.21. The Balaban J connectivity index is 1.95. The van der Waals surface area contributed by atoms with Crippen LogP contribution in [0.25, 0.3) is 0 Å². The summed E-state index contributed by atoms with van der Waals surface area (Å²) in [5.74, 6) is 1.38. The number of benzene rings is 1. The van der Waals surface area contributed by atoms with Crippen LogP contribution in [-0.4, -0.2) is 32.8 Å². The van der Waals surface area contributed by atoms with E-state index in [0.29, 0.717) is 18.0 Å². The van der Waals surface area contributed by atoms with E-state index in [1.807, 2.05) is 18.2 Å². The Hall–Kier alpha value is -1.75. The number of nitrogens with one attached hydrogen (secondary N) is 1. The van der Waals surface area contributed by atoms with Gasteiger partial charge in [0.15, 0.2) is 11.5 Å². The van der Waals surface area contributed by atoms with E-state index in [1.54, 1.807) is 14.2 Å². The molecule has 1 fully saturated rings. The maximum Gasteiger partial charge on any atom is 0.225 e. The SMILES string of the molecule is CCC1OCCCC1C(=O)NCc1ccc(OC)c(OC)c1. The van der Waals surface area contributed by atoms with Crippen molar-refractivity contribution in [3.63, 3.8) is 0 Å². The summed E-state index contributed by atoms with van der Waals surface area (Å²) in [5.41, 5.74) is 0.982. The minimum absolute atomic E-state index is 0.0409. The summed E-state index contributed by atoms with van der Waals surface area (Å²) in [5, 5.41) is 3.01. The summed E-state index contributed by atoms with van der Waals surface area (Å²) >= 11 is 0. The molecule has 1 aliphatic rings. The molecule has 2 unspecified atom stereocenters. The average molecular weight is 307 g/mol. The number of amides is 1. The quantitative estimate of drug-likeness (QED) is 0.877. The van der Waals surface area contributed by atoms with Crippen molar-refractivity contribution in [1.29, 1.82) is 0 Å². The number of hydrogen-bond acceptors (Lipinski definition) is 4. The van der Waals surface area contributed by atoms with Crippen LogP contribution in [0, 0.1) is 5.92 Å². The topological polar surface area (TPSA) is 56.8 Å². The van der Waals surface area contributed by atoms with E-state index in [-0.39, 0.29) is 17.9 Å². The molecular formula is C17H25NO4. The van der Waals surface area contributed by atoms with Crippen LogP contribution < -0.4 is 14.8 Å². The van der Waals surface area contributed by atoms with Crippen molar-refractivity contribution in [3.05, 3.63) is 23.8 Å². The molecule has 2 atom stereocenters. The Morgan fingerprint density at radius 1 is 1.32 bits per heavy atom. The van der Waals surface area contributed by atoms with E-state index in [2.05, 4.69) is 12.2 Å². The first-order valence-electron chi connectivity index (χ1n) is 7.79. The fraction of sp³-hybridized carbons (Fsp3) is 0.588. The third-order valence-corrected chi connectivity index (χ3v) is 4.09. The molecule has 5 nitrogen and oxygen atoms in total. The number of hydrogen-bond donors (Lipinski definition) is 1. The highest BCUT2D eigenvalue weighted by Gasteiger charge is 2.30. The van der Waals surface area contributed by atoms with Crippen LogP contribution in [0.4, 0.5) is 0 Å². The molecule has 2 rings (SSSR count). The van der Waals surface area contributed by atoms with Crippen LogP contribution in [-0.2, 0) is 16.1 Å². The third-order valence-electron chi connectivity index (χ3n) is 4.09. The Labute approximate surface area is 131 Å². The van der Waals surface area contributed by atoms with Gasteiger partial charge >= 0.3 is 0 Å². The van der Waals surface area contributed by atoms with Crippen molar-refractivity contribution >= 4 is 5.91 Å². The zero-order valence-corrected chi connectivity index (χ0v) is 13.6. The lowest BCUT2D eigenvalue weighted by atomic mass is 9.92. The molecule has 1 heterocycles. The van der Waals surface area contributed by atoms with E-state index in [0.717, 1.165) is 31.4 Å². The molecule has 0 spiro atoms. The van der Waals surface area contributed by atoms with Crippen LogP contribution in [0.5, 0.6) is 11.5 Å². The molecule has 0 radical (unpaired) electrons. The number of rotatable bonds is 6. The molecule has 1 aliphatic heterocycles. The van der Waals surface area contributed by atoms with Gasteiger partial charge in [0.25, 0.3) is 0 Å². The summed E-state index contributed by atoms with van der Waals surface area (Å²) in [6.45, 7) is 3.30. The van der Waals surface area contributed by atoms with Crippen LogP contribution >= 0.6 is 0 Å². The third kappa shape index (κ3) is 3.91. The maximum atomic E-state index is 12.4. The zero-order chi connectivity index (χ0) is 15.9. The first kappa shape index (κ1) is 16.6. The smallest absolute Gasteiger partial charge is 0.225 e. The molecule has 1 N–H and O–H groups in total. The van der Waals surface area contributed by atoms with Crippen LogP contribution in [0.1, 0.15) is 31.7 Å². The largest absolute Gasteiger partial charge is 0.493 e. The van der Waals surface area contributed by atoms with Gasteiger partial charge in [0, 0.05) is 13.2 Å². The summed E-state index contributed by atoms with van der Waals surface area (Å²) < 4.78 is 16.2. The highest BCUT2D eigenvalue weighted by Crippen LogP contribution is 2.28. The second kappa shape index (κ2) is 8.03. The highest BCUT2D eigenvalue weighted by atomic mass is 16.5. The van der Waals surface area contributed by atoms with Crippen molar-refractivity contribution in [2.45, 2.75) is 38.8 Å². The van der Waals surface area contributed by atoms with Gasteiger partial charge in [-0.2, -0.15) is 0 Å². The molecule has 0 saturated carbocycles. The van der Waals surface area contributed by atoms with Crippen LogP contribution in [0.15, 0.2) is 18.2 Å². The molecular weight excluding hydrogens is 282 g/mol. The summed E-state index contributed by atoms with van der Waals surface area (Å²) in [6.07, 6.45) is 2.76. The molecule has 122 valence electrons. The first-order chi connectivity index (χ1) is 10.7. The van der Waals surface area contributed by atoms with E-state index >= 15 is 0 Å². The Morgan fingerprint density at radius 2 is 2.09 bits per heavy atom. The molecule has 1 aromatic rings. The van der Waals surface area contributed by atoms with E-state index in [1.165, 1.54) is 0 Å². The number of carbonyl (C=O) groups is 1. The standard InChI is InChI=1S/C17H25NO4/c1-4-14-13(6-5-9-22-14)17(19)18-11-12-7-8-15(20-2)16(10-12)21-3/h7-8,10,13-14H,4-6,9,11H2,1-3H3,(H,18,19). The molecule has 0 bridgehead atoms. The number of carbonyl (C=O) groups excluding carboxylic acids is 1. The molecule has 1 saturated heterocycles. The van der Waals surface area contributed by atoms with Crippen molar-refractivity contribution in [2.75, 3.05) is 20.8 Å². The predicted molar refractivity (Wildman–Crippen MR) is 84.1 cm³/mol. The lowest BCUT2D eigenvalue weighted by molar-refractivity contribution is -0.134. The zero-order valence-electron chi connectivity index (χ0n) is 13.6. The Bertz CT molecular complexity index is 503. The van der Waals surface area contributed by atoms with Gasteiger partial charge in [-0.15, -0.1) is 0 Å². The van der Waals surface area contributed by atoms with Crippen LogP contribution in [0.3, 0.4) is 0 Å². The van der Waals surface area contributed by atoms with Gasteiger partial charge in [-0.1, -0.05) is 13.0 Å². The second-order valence-electron chi connectivity index (χ2n) is 5.47. The highest BCUT2D eigenvalue weighted by molar-refractivity contribution is 5.79. The Kier molecular flexibility index (Phi) is 6.07. The number of ether oxygens (including phenoxy) is 3. The van der Waals surface area contributed by atoms with E-state index < -0.39 is 0 Å². The van der Waals surface area contributed by atoms with Gasteiger partial charge in [-0.05, 0) is 37.0 Å². The molecule has 5 heteroatoms. The normalized spacial score (nSPS) is 21.2. The molecule has 1 amide bonds. The molecule has 0 aromatic heterocycles. The minimum atomic E-state index is -0.0427. The minimum Gasteiger partial charge on any atom is -0.493 e. The van der Waals surface area contributed by atoms with Crippen molar-refractivity contribution in [3.8, 4) is 11.5 Å². The first-order valence-corrected chi connectivity index (χ1v) is 7.79. The average Bonchev–Trinajstić information content (AvgIpc) is 2.59. The molecule has 22 heavy (non-hydrogen) atoms. The van der Waals surface area contributed by atoms with Crippen molar-refractivity contribution in [2.24, 2.45) is 5.92 Å². The lowest BCUT2D eigenvalue weighted by Gasteiger charge is -2.30.